The first-order chi connectivity index (χ1) is 13.0. The number of hydrogen-bond acceptors (Lipinski definition) is 9. The topological polar surface area (TPSA) is 124 Å². The van der Waals surface area contributed by atoms with Crippen LogP contribution in [0.15, 0.2) is 45.4 Å². The number of aromatic nitrogens is 2. The quantitative estimate of drug-likeness (QED) is 0.743. The number of fused-ring (bicyclic) bond motifs is 1. The van der Waals surface area contributed by atoms with Gasteiger partial charge in [-0.15, -0.1) is 0 Å². The summed E-state index contributed by atoms with van der Waals surface area (Å²) in [4.78, 5) is 25.3. The van der Waals surface area contributed by atoms with Crippen molar-refractivity contribution in [2.24, 2.45) is 0 Å². The number of esters is 2. The maximum atomic E-state index is 12.7. The second kappa shape index (κ2) is 7.58. The van der Waals surface area contributed by atoms with E-state index in [0.29, 0.717) is 28.0 Å². The number of ether oxygens (including phenoxy) is 2. The highest BCUT2D eigenvalue weighted by Crippen LogP contribution is 2.41. The van der Waals surface area contributed by atoms with Crippen LogP contribution >= 0.6 is 0 Å². The van der Waals surface area contributed by atoms with Crippen LogP contribution < -0.4 is 5.32 Å². The number of aliphatic hydroxyl groups is 1. The first kappa shape index (κ1) is 18.6. The molecule has 0 radical (unpaired) electrons. The minimum atomic E-state index is -0.791. The molecule has 0 spiro atoms. The summed E-state index contributed by atoms with van der Waals surface area (Å²) in [5.74, 6) is -2.03. The van der Waals surface area contributed by atoms with Gasteiger partial charge in [0.2, 0.25) is 0 Å². The molecule has 142 valence electrons. The van der Waals surface area contributed by atoms with Crippen LogP contribution in [0.3, 0.4) is 0 Å². The summed E-state index contributed by atoms with van der Waals surface area (Å²) in [7, 11) is 1.27. The van der Waals surface area contributed by atoms with Crippen molar-refractivity contribution in [3.8, 4) is 0 Å². The first-order valence-electron chi connectivity index (χ1n) is 8.25. The fourth-order valence-electron chi connectivity index (χ4n) is 3.23. The van der Waals surface area contributed by atoms with Crippen molar-refractivity contribution >= 4 is 23.0 Å². The fraction of sp³-hybridized carbons (Fsp3) is 0.333. The molecular weight excluding hydrogens is 354 g/mol. The van der Waals surface area contributed by atoms with Gasteiger partial charge >= 0.3 is 11.9 Å². The molecule has 2 aromatic rings. The lowest BCUT2D eigenvalue weighted by molar-refractivity contribution is -0.140. The lowest BCUT2D eigenvalue weighted by Gasteiger charge is -2.30. The van der Waals surface area contributed by atoms with Crippen LogP contribution in [0, 0.1) is 0 Å². The highest BCUT2D eigenvalue weighted by Gasteiger charge is 2.39. The third-order valence-corrected chi connectivity index (χ3v) is 4.34. The van der Waals surface area contributed by atoms with Gasteiger partial charge in [0, 0.05) is 11.4 Å². The summed E-state index contributed by atoms with van der Waals surface area (Å²) in [5.41, 5.74) is 3.05. The minimum absolute atomic E-state index is 0.158. The van der Waals surface area contributed by atoms with Gasteiger partial charge in [0.25, 0.3) is 0 Å². The number of nitrogens with one attached hydrogen (secondary N) is 1. The van der Waals surface area contributed by atoms with Crippen molar-refractivity contribution in [1.82, 2.24) is 15.6 Å². The van der Waals surface area contributed by atoms with Gasteiger partial charge in [-0.2, -0.15) is 0 Å². The van der Waals surface area contributed by atoms with Crippen LogP contribution in [0.5, 0.6) is 0 Å². The van der Waals surface area contributed by atoms with Crippen LogP contribution in [0.4, 0.5) is 0 Å². The molecule has 9 heteroatoms. The van der Waals surface area contributed by atoms with E-state index >= 15 is 0 Å². The molecule has 2 heterocycles. The van der Waals surface area contributed by atoms with Gasteiger partial charge in [-0.1, -0.05) is 12.1 Å². The Balaban J connectivity index is 2.22. The van der Waals surface area contributed by atoms with E-state index < -0.39 is 17.9 Å². The number of methoxy groups -OCH3 is 1. The van der Waals surface area contributed by atoms with Gasteiger partial charge in [-0.3, -0.25) is 0 Å². The van der Waals surface area contributed by atoms with Gasteiger partial charge in [0.15, 0.2) is 0 Å². The van der Waals surface area contributed by atoms with E-state index in [4.69, 9.17) is 19.2 Å². The van der Waals surface area contributed by atoms with Crippen LogP contribution in [-0.4, -0.2) is 47.7 Å². The average molecular weight is 373 g/mol. The number of rotatable bonds is 5. The number of carbonyl (C=O) groups is 2. The van der Waals surface area contributed by atoms with E-state index in [2.05, 4.69) is 15.6 Å². The molecule has 1 aromatic carbocycles. The summed E-state index contributed by atoms with van der Waals surface area (Å²) < 4.78 is 14.9. The number of hydrogen-bond donors (Lipinski definition) is 2. The van der Waals surface area contributed by atoms with Crippen LogP contribution in [-0.2, 0) is 19.1 Å². The maximum absolute atomic E-state index is 12.7. The lowest BCUT2D eigenvalue weighted by atomic mass is 9.80. The monoisotopic (exact) mass is 373 g/mol. The Morgan fingerprint density at radius 3 is 2.56 bits per heavy atom. The third kappa shape index (κ3) is 3.28. The molecule has 1 aliphatic heterocycles. The molecule has 0 aliphatic carbocycles. The van der Waals surface area contributed by atoms with Gasteiger partial charge in [0.05, 0.1) is 30.8 Å². The highest BCUT2D eigenvalue weighted by molar-refractivity contribution is 6.01. The summed E-state index contributed by atoms with van der Waals surface area (Å²) in [6.07, 6.45) is 0. The molecule has 0 saturated heterocycles. The Hall–Kier alpha value is -3.20. The molecule has 9 nitrogen and oxygen atoms in total. The molecule has 1 aliphatic rings. The fourth-order valence-corrected chi connectivity index (χ4v) is 3.23. The smallest absolute Gasteiger partial charge is 0.336 e. The van der Waals surface area contributed by atoms with Gasteiger partial charge in [0.1, 0.15) is 17.6 Å². The SMILES string of the molecule is COC(=O)C1=C(C)NC(C)=C(C(=O)OCCO)C1c1cccc2nonc12. The van der Waals surface area contributed by atoms with Gasteiger partial charge in [-0.05, 0) is 35.8 Å². The second-order valence-electron chi connectivity index (χ2n) is 5.97. The summed E-state index contributed by atoms with van der Waals surface area (Å²) in [5, 5.41) is 19.7. The molecule has 1 atom stereocenters. The standard InChI is InChI=1S/C18H19N3O6/c1-9-13(17(23)25-3)15(11-5-4-6-12-16(11)21-27-20-12)14(10(2)19-9)18(24)26-8-7-22/h4-6,15,19,22H,7-8H2,1-3H3. The largest absolute Gasteiger partial charge is 0.466 e. The molecular formula is C18H19N3O6. The predicted octanol–water partition coefficient (Wildman–Crippen LogP) is 1.17. The zero-order valence-electron chi connectivity index (χ0n) is 15.1. The molecule has 0 saturated carbocycles. The summed E-state index contributed by atoms with van der Waals surface area (Å²) in [6.45, 7) is 2.97. The Kier molecular flexibility index (Phi) is 5.22. The van der Waals surface area contributed by atoms with E-state index in [1.54, 1.807) is 32.0 Å². The molecule has 3 rings (SSSR count). The Bertz CT molecular complexity index is 959. The Morgan fingerprint density at radius 1 is 1.19 bits per heavy atom. The third-order valence-electron chi connectivity index (χ3n) is 4.34. The highest BCUT2D eigenvalue weighted by atomic mass is 16.6. The van der Waals surface area contributed by atoms with Gasteiger partial charge < -0.3 is 19.9 Å². The van der Waals surface area contributed by atoms with Crippen molar-refractivity contribution in [2.75, 3.05) is 20.3 Å². The predicted molar refractivity (Wildman–Crippen MR) is 93.1 cm³/mol. The van der Waals surface area contributed by atoms with E-state index in [1.165, 1.54) is 7.11 Å². The number of dihydropyridines is 1. The van der Waals surface area contributed by atoms with E-state index in [9.17, 15) is 9.59 Å². The first-order valence-corrected chi connectivity index (χ1v) is 8.25. The number of nitrogens with zero attached hydrogens (tertiary/aromatic N) is 2. The lowest BCUT2D eigenvalue weighted by Crippen LogP contribution is -2.32. The zero-order valence-corrected chi connectivity index (χ0v) is 15.1. The Labute approximate surface area is 154 Å². The van der Waals surface area contributed by atoms with Gasteiger partial charge in [-0.25, -0.2) is 14.2 Å². The normalized spacial score (nSPS) is 17.1. The number of allylic oxidation sites excluding steroid dienone is 2. The van der Waals surface area contributed by atoms with E-state index in [0.717, 1.165) is 0 Å². The van der Waals surface area contributed by atoms with Crippen molar-refractivity contribution in [3.05, 3.63) is 46.3 Å². The minimum Gasteiger partial charge on any atom is -0.466 e. The number of carbonyl (C=O) groups excluding carboxylic acids is 2. The molecule has 0 fully saturated rings. The number of aliphatic hydroxyl groups excluding tert-OH is 1. The van der Waals surface area contributed by atoms with Crippen LogP contribution in [0.25, 0.3) is 11.0 Å². The Morgan fingerprint density at radius 2 is 1.89 bits per heavy atom. The number of benzene rings is 1. The van der Waals surface area contributed by atoms with E-state index in [1.807, 2.05) is 0 Å². The average Bonchev–Trinajstić information content (AvgIpc) is 3.13. The molecule has 1 unspecified atom stereocenters. The molecule has 2 N–H and O–H groups in total. The maximum Gasteiger partial charge on any atom is 0.336 e. The van der Waals surface area contributed by atoms with Crippen molar-refractivity contribution < 1.29 is 28.8 Å². The van der Waals surface area contributed by atoms with Crippen LogP contribution in [0.2, 0.25) is 0 Å². The second-order valence-corrected chi connectivity index (χ2v) is 5.97. The van der Waals surface area contributed by atoms with E-state index in [-0.39, 0.29) is 24.4 Å². The summed E-state index contributed by atoms with van der Waals surface area (Å²) in [6, 6.07) is 5.19. The molecule has 1 aromatic heterocycles. The summed E-state index contributed by atoms with van der Waals surface area (Å²) >= 11 is 0. The zero-order chi connectivity index (χ0) is 19.6. The molecule has 0 bridgehead atoms. The van der Waals surface area contributed by atoms with Crippen LogP contribution in [0.1, 0.15) is 25.3 Å². The van der Waals surface area contributed by atoms with Crippen molar-refractivity contribution in [2.45, 2.75) is 19.8 Å². The molecule has 0 amide bonds. The molecule has 27 heavy (non-hydrogen) atoms. The van der Waals surface area contributed by atoms with Crippen molar-refractivity contribution in [1.29, 1.82) is 0 Å². The van der Waals surface area contributed by atoms with Crippen molar-refractivity contribution in [3.63, 3.8) is 0 Å².